The molecule has 0 amide bonds. The first-order valence-electron chi connectivity index (χ1n) is 5.63. The summed E-state index contributed by atoms with van der Waals surface area (Å²) in [6, 6.07) is 0. The molecule has 0 bridgehead atoms. The van der Waals surface area contributed by atoms with E-state index in [0.717, 1.165) is 42.6 Å². The van der Waals surface area contributed by atoms with E-state index in [2.05, 4.69) is 30.8 Å². The molecule has 2 rings (SSSR count). The Morgan fingerprint density at radius 3 is 3.00 bits per heavy atom. The lowest BCUT2D eigenvalue weighted by Gasteiger charge is -2.24. The zero-order valence-corrected chi connectivity index (χ0v) is 12.0. The van der Waals surface area contributed by atoms with E-state index in [1.165, 1.54) is 0 Å². The highest BCUT2D eigenvalue weighted by atomic mass is 79.9. The molecule has 1 saturated heterocycles. The lowest BCUT2D eigenvalue weighted by atomic mass is 9.98. The molecule has 0 radical (unpaired) electrons. The molecule has 1 aliphatic rings. The van der Waals surface area contributed by atoms with Gasteiger partial charge in [-0.2, -0.15) is 4.98 Å². The second kappa shape index (κ2) is 5.08. The maximum Gasteiger partial charge on any atom is 0.224 e. The van der Waals surface area contributed by atoms with Gasteiger partial charge in [0, 0.05) is 19.3 Å². The lowest BCUT2D eigenvalue weighted by molar-refractivity contribution is 0.0481. The van der Waals surface area contributed by atoms with Gasteiger partial charge in [0.05, 0.1) is 10.1 Å². The summed E-state index contributed by atoms with van der Waals surface area (Å²) in [7, 11) is 0. The van der Waals surface area contributed by atoms with Crippen molar-refractivity contribution in [2.75, 3.05) is 18.0 Å². The van der Waals surface area contributed by atoms with Gasteiger partial charge in [0.1, 0.15) is 5.82 Å². The van der Waals surface area contributed by atoms with E-state index in [1.807, 2.05) is 6.92 Å². The maximum absolute atomic E-state index is 10.0. The summed E-state index contributed by atoms with van der Waals surface area (Å²) in [5, 5.41) is 10.3. The highest BCUT2D eigenvalue weighted by Crippen LogP contribution is 2.29. The topological polar surface area (TPSA) is 49.2 Å². The van der Waals surface area contributed by atoms with E-state index in [0.29, 0.717) is 0 Å². The molecule has 17 heavy (non-hydrogen) atoms. The minimum atomic E-state index is -0.571. The van der Waals surface area contributed by atoms with Crippen molar-refractivity contribution in [1.29, 1.82) is 0 Å². The van der Waals surface area contributed by atoms with Crippen molar-refractivity contribution in [3.8, 4) is 0 Å². The number of hydrogen-bond donors (Lipinski definition) is 1. The molecule has 1 aromatic rings. The summed E-state index contributed by atoms with van der Waals surface area (Å²) in [5.74, 6) is 0.808. The monoisotopic (exact) mass is 319 g/mol. The predicted molar refractivity (Wildman–Crippen MR) is 71.4 cm³/mol. The normalized spacial score (nSPS) is 25.8. The standard InChI is InChI=1S/C11H15BrClN3O/c1-11(17)3-2-5-16(6-4-11)9-8(12)7-14-10(13)15-9/h7,17H,2-6H2,1H3. The Hall–Kier alpha value is -0.390. The Morgan fingerprint density at radius 1 is 1.47 bits per heavy atom. The fraction of sp³-hybridized carbons (Fsp3) is 0.636. The van der Waals surface area contributed by atoms with Crippen LogP contribution in [0.1, 0.15) is 26.2 Å². The van der Waals surface area contributed by atoms with Crippen LogP contribution in [0.5, 0.6) is 0 Å². The van der Waals surface area contributed by atoms with Crippen LogP contribution >= 0.6 is 27.5 Å². The summed E-state index contributed by atoms with van der Waals surface area (Å²) >= 11 is 9.25. The number of nitrogens with zero attached hydrogens (tertiary/aromatic N) is 3. The Balaban J connectivity index is 2.19. The lowest BCUT2D eigenvalue weighted by Crippen LogP contribution is -2.29. The van der Waals surface area contributed by atoms with Crippen LogP contribution in [0, 0.1) is 0 Å². The van der Waals surface area contributed by atoms with E-state index >= 15 is 0 Å². The van der Waals surface area contributed by atoms with Crippen LogP contribution in [0.4, 0.5) is 5.82 Å². The Labute approximate surface area is 114 Å². The largest absolute Gasteiger partial charge is 0.390 e. The molecule has 1 atom stereocenters. The van der Waals surface area contributed by atoms with Gasteiger partial charge in [0.25, 0.3) is 0 Å². The first-order valence-corrected chi connectivity index (χ1v) is 6.80. The van der Waals surface area contributed by atoms with Crippen LogP contribution < -0.4 is 4.90 Å². The summed E-state index contributed by atoms with van der Waals surface area (Å²) in [4.78, 5) is 10.3. The fourth-order valence-corrected chi connectivity index (χ4v) is 2.60. The van der Waals surface area contributed by atoms with Crippen LogP contribution in [-0.2, 0) is 0 Å². The number of aliphatic hydroxyl groups is 1. The fourth-order valence-electron chi connectivity index (χ4n) is 2.03. The number of anilines is 1. The summed E-state index contributed by atoms with van der Waals surface area (Å²) < 4.78 is 0.837. The average molecular weight is 321 g/mol. The molecular weight excluding hydrogens is 305 g/mol. The van der Waals surface area contributed by atoms with Crippen molar-refractivity contribution in [3.05, 3.63) is 16.0 Å². The smallest absolute Gasteiger partial charge is 0.224 e. The van der Waals surface area contributed by atoms with Crippen molar-refractivity contribution in [2.24, 2.45) is 0 Å². The van der Waals surface area contributed by atoms with Crippen molar-refractivity contribution < 1.29 is 5.11 Å². The molecule has 0 saturated carbocycles. The quantitative estimate of drug-likeness (QED) is 0.808. The van der Waals surface area contributed by atoms with Crippen LogP contribution in [0.3, 0.4) is 0 Å². The number of halogens is 2. The number of rotatable bonds is 1. The maximum atomic E-state index is 10.0. The highest BCUT2D eigenvalue weighted by molar-refractivity contribution is 9.10. The molecule has 6 heteroatoms. The van der Waals surface area contributed by atoms with Crippen LogP contribution in [0.25, 0.3) is 0 Å². The minimum absolute atomic E-state index is 0.249. The second-order valence-electron chi connectivity index (χ2n) is 4.65. The molecular formula is C11H15BrClN3O. The van der Waals surface area contributed by atoms with Gasteiger partial charge in [-0.25, -0.2) is 4.98 Å². The second-order valence-corrected chi connectivity index (χ2v) is 5.84. The average Bonchev–Trinajstić information content (AvgIpc) is 2.43. The van der Waals surface area contributed by atoms with Gasteiger partial charge in [-0.1, -0.05) is 0 Å². The molecule has 1 aromatic heterocycles. The number of aromatic nitrogens is 2. The minimum Gasteiger partial charge on any atom is -0.390 e. The predicted octanol–water partition coefficient (Wildman–Crippen LogP) is 2.63. The van der Waals surface area contributed by atoms with E-state index in [1.54, 1.807) is 6.20 Å². The summed E-state index contributed by atoms with van der Waals surface area (Å²) in [6.45, 7) is 3.54. The molecule has 1 fully saturated rings. The molecule has 1 aliphatic heterocycles. The van der Waals surface area contributed by atoms with Gasteiger partial charge in [-0.05, 0) is 53.7 Å². The molecule has 0 aliphatic carbocycles. The van der Waals surface area contributed by atoms with E-state index < -0.39 is 5.60 Å². The van der Waals surface area contributed by atoms with Gasteiger partial charge in [-0.3, -0.25) is 0 Å². The Bertz CT molecular complexity index is 414. The van der Waals surface area contributed by atoms with Crippen molar-refractivity contribution in [3.63, 3.8) is 0 Å². The van der Waals surface area contributed by atoms with Gasteiger partial charge >= 0.3 is 0 Å². The zero-order chi connectivity index (χ0) is 12.5. The van der Waals surface area contributed by atoms with Crippen molar-refractivity contribution in [2.45, 2.75) is 31.8 Å². The molecule has 1 N–H and O–H groups in total. The zero-order valence-electron chi connectivity index (χ0n) is 9.66. The Morgan fingerprint density at radius 2 is 2.24 bits per heavy atom. The van der Waals surface area contributed by atoms with Crippen LogP contribution in [-0.4, -0.2) is 33.8 Å². The molecule has 1 unspecified atom stereocenters. The highest BCUT2D eigenvalue weighted by Gasteiger charge is 2.26. The first-order chi connectivity index (χ1) is 7.98. The van der Waals surface area contributed by atoms with Crippen molar-refractivity contribution in [1.82, 2.24) is 9.97 Å². The summed E-state index contributed by atoms with van der Waals surface area (Å²) in [5.41, 5.74) is -0.571. The first kappa shape index (κ1) is 13.1. The van der Waals surface area contributed by atoms with Gasteiger partial charge in [0.15, 0.2) is 0 Å². The van der Waals surface area contributed by atoms with Crippen LogP contribution in [0.2, 0.25) is 5.28 Å². The Kier molecular flexibility index (Phi) is 3.90. The number of hydrogen-bond acceptors (Lipinski definition) is 4. The molecule has 0 spiro atoms. The third-order valence-corrected chi connectivity index (χ3v) is 3.80. The van der Waals surface area contributed by atoms with E-state index in [4.69, 9.17) is 11.6 Å². The van der Waals surface area contributed by atoms with E-state index in [-0.39, 0.29) is 5.28 Å². The van der Waals surface area contributed by atoms with E-state index in [9.17, 15) is 5.11 Å². The SMILES string of the molecule is CC1(O)CCCN(c2nc(Cl)ncc2Br)CC1. The van der Waals surface area contributed by atoms with Crippen LogP contribution in [0.15, 0.2) is 10.7 Å². The third-order valence-electron chi connectivity index (χ3n) is 3.06. The molecule has 4 nitrogen and oxygen atoms in total. The van der Waals surface area contributed by atoms with Crippen molar-refractivity contribution >= 4 is 33.3 Å². The van der Waals surface area contributed by atoms with Gasteiger partial charge in [0.2, 0.25) is 5.28 Å². The molecule has 2 heterocycles. The summed E-state index contributed by atoms with van der Waals surface area (Å²) in [6.07, 6.45) is 4.16. The molecule has 94 valence electrons. The van der Waals surface area contributed by atoms with Gasteiger partial charge < -0.3 is 10.0 Å². The van der Waals surface area contributed by atoms with Gasteiger partial charge in [-0.15, -0.1) is 0 Å². The molecule has 0 aromatic carbocycles. The third kappa shape index (κ3) is 3.30.